The summed E-state index contributed by atoms with van der Waals surface area (Å²) in [4.78, 5) is 2.16. The van der Waals surface area contributed by atoms with Crippen LogP contribution in [0.3, 0.4) is 0 Å². The number of rotatable bonds is 5. The lowest BCUT2D eigenvalue weighted by Crippen LogP contribution is -2.31. The van der Waals surface area contributed by atoms with Crippen molar-refractivity contribution in [1.82, 2.24) is 14.5 Å². The van der Waals surface area contributed by atoms with Crippen LogP contribution in [-0.4, -0.2) is 56.2 Å². The van der Waals surface area contributed by atoms with Gasteiger partial charge in [0.1, 0.15) is 6.10 Å². The van der Waals surface area contributed by atoms with E-state index in [0.717, 1.165) is 11.4 Å². The molecule has 2 heterocycles. The topological polar surface area (TPSA) is 75.6 Å². The molecule has 1 saturated heterocycles. The van der Waals surface area contributed by atoms with E-state index in [1.54, 1.807) is 30.3 Å². The van der Waals surface area contributed by atoms with Crippen molar-refractivity contribution in [1.29, 1.82) is 0 Å². The minimum atomic E-state index is -3.49. The lowest BCUT2D eigenvalue weighted by atomic mass is 10.2. The molecule has 0 spiro atoms. The van der Waals surface area contributed by atoms with Gasteiger partial charge in [0.15, 0.2) is 5.82 Å². The quantitative estimate of drug-likeness (QED) is 0.806. The summed E-state index contributed by atoms with van der Waals surface area (Å²) < 4.78 is 32.7. The van der Waals surface area contributed by atoms with Gasteiger partial charge < -0.3 is 9.64 Å². The molecule has 3 rings (SSSR count). The maximum atomic E-state index is 12.7. The summed E-state index contributed by atoms with van der Waals surface area (Å²) in [5.74, 6) is 1.15. The smallest absolute Gasteiger partial charge is 0.243 e. The number of aryl methyl sites for hydroxylation is 1. The highest BCUT2D eigenvalue weighted by atomic mass is 32.2. The van der Waals surface area contributed by atoms with Crippen LogP contribution in [0.1, 0.15) is 12.0 Å². The molecule has 1 aromatic heterocycles. The fourth-order valence-electron chi connectivity index (χ4n) is 2.66. The summed E-state index contributed by atoms with van der Waals surface area (Å²) in [6.45, 7) is 2.68. The molecule has 7 nitrogen and oxygen atoms in total. The Labute approximate surface area is 148 Å². The SMILES string of the molecule is Cc1ccc(S(=O)(=O)N2CCC(Oc3ccc(N(C)C)nn3)C2)cc1. The summed E-state index contributed by atoms with van der Waals surface area (Å²) in [6, 6.07) is 10.5. The van der Waals surface area contributed by atoms with E-state index >= 15 is 0 Å². The van der Waals surface area contributed by atoms with Crippen LogP contribution in [-0.2, 0) is 10.0 Å². The molecule has 134 valence electrons. The number of ether oxygens (including phenoxy) is 1. The molecule has 1 aromatic carbocycles. The zero-order valence-corrected chi connectivity index (χ0v) is 15.4. The second kappa shape index (κ2) is 6.97. The first kappa shape index (κ1) is 17.6. The minimum absolute atomic E-state index is 0.222. The van der Waals surface area contributed by atoms with E-state index in [1.807, 2.05) is 32.0 Å². The van der Waals surface area contributed by atoms with Crippen molar-refractivity contribution in [3.8, 4) is 5.88 Å². The number of hydrogen-bond acceptors (Lipinski definition) is 6. The first-order valence-electron chi connectivity index (χ1n) is 8.11. The van der Waals surface area contributed by atoms with Crippen LogP contribution in [0.25, 0.3) is 0 Å². The predicted octanol–water partition coefficient (Wildman–Crippen LogP) is 1.69. The number of nitrogens with zero attached hydrogens (tertiary/aromatic N) is 4. The predicted molar refractivity (Wildman–Crippen MR) is 95.3 cm³/mol. The Bertz CT molecular complexity index is 820. The van der Waals surface area contributed by atoms with Gasteiger partial charge in [0.25, 0.3) is 0 Å². The van der Waals surface area contributed by atoms with Gasteiger partial charge in [0, 0.05) is 26.7 Å². The first-order valence-corrected chi connectivity index (χ1v) is 9.55. The summed E-state index contributed by atoms with van der Waals surface area (Å²) >= 11 is 0. The molecule has 0 N–H and O–H groups in total. The van der Waals surface area contributed by atoms with E-state index in [9.17, 15) is 8.42 Å². The third-order valence-electron chi connectivity index (χ3n) is 4.14. The van der Waals surface area contributed by atoms with E-state index < -0.39 is 10.0 Å². The van der Waals surface area contributed by atoms with Crippen LogP contribution >= 0.6 is 0 Å². The molecule has 25 heavy (non-hydrogen) atoms. The Kier molecular flexibility index (Phi) is 4.91. The molecule has 1 fully saturated rings. The third-order valence-corrected chi connectivity index (χ3v) is 6.02. The average Bonchev–Trinajstić information content (AvgIpc) is 3.05. The van der Waals surface area contributed by atoms with Gasteiger partial charge in [-0.1, -0.05) is 17.7 Å². The fraction of sp³-hybridized carbons (Fsp3) is 0.412. The van der Waals surface area contributed by atoms with Gasteiger partial charge in [-0.05, 0) is 31.5 Å². The largest absolute Gasteiger partial charge is 0.472 e. The van der Waals surface area contributed by atoms with E-state index in [4.69, 9.17) is 4.74 Å². The van der Waals surface area contributed by atoms with Gasteiger partial charge in [0.05, 0.1) is 11.4 Å². The zero-order chi connectivity index (χ0) is 18.0. The molecule has 0 amide bonds. The second-order valence-corrected chi connectivity index (χ2v) is 8.27. The Hall–Kier alpha value is -2.19. The Morgan fingerprint density at radius 1 is 1.12 bits per heavy atom. The average molecular weight is 362 g/mol. The molecule has 1 aliphatic rings. The van der Waals surface area contributed by atoms with E-state index in [2.05, 4.69) is 10.2 Å². The first-order chi connectivity index (χ1) is 11.9. The van der Waals surface area contributed by atoms with E-state index in [0.29, 0.717) is 30.3 Å². The van der Waals surface area contributed by atoms with Gasteiger partial charge in [-0.3, -0.25) is 0 Å². The number of hydrogen-bond donors (Lipinski definition) is 0. The van der Waals surface area contributed by atoms with Crippen molar-refractivity contribution in [3.63, 3.8) is 0 Å². The number of aromatic nitrogens is 2. The number of benzene rings is 1. The molecule has 1 atom stereocenters. The van der Waals surface area contributed by atoms with E-state index in [1.165, 1.54) is 4.31 Å². The lowest BCUT2D eigenvalue weighted by Gasteiger charge is -2.17. The monoisotopic (exact) mass is 362 g/mol. The highest BCUT2D eigenvalue weighted by Crippen LogP contribution is 2.24. The summed E-state index contributed by atoms with van der Waals surface area (Å²) in [5.41, 5.74) is 1.03. The van der Waals surface area contributed by atoms with Crippen LogP contribution in [0.5, 0.6) is 5.88 Å². The molecule has 0 saturated carbocycles. The highest BCUT2D eigenvalue weighted by Gasteiger charge is 2.33. The number of sulfonamides is 1. The minimum Gasteiger partial charge on any atom is -0.472 e. The van der Waals surface area contributed by atoms with Crippen LogP contribution in [0.4, 0.5) is 5.82 Å². The molecule has 0 radical (unpaired) electrons. The standard InChI is InChI=1S/C17H22N4O3S/c1-13-4-6-15(7-5-13)25(22,23)21-11-10-14(12-21)24-17-9-8-16(18-19-17)20(2)3/h4-9,14H,10-12H2,1-3H3. The Balaban J connectivity index is 1.66. The van der Waals surface area contributed by atoms with Crippen LogP contribution in [0, 0.1) is 6.92 Å². The maximum absolute atomic E-state index is 12.7. The fourth-order valence-corrected chi connectivity index (χ4v) is 4.14. The summed E-state index contributed by atoms with van der Waals surface area (Å²) in [7, 11) is 0.281. The molecule has 1 unspecified atom stereocenters. The molecule has 0 bridgehead atoms. The molecular formula is C17H22N4O3S. The van der Waals surface area contributed by atoms with Gasteiger partial charge >= 0.3 is 0 Å². The van der Waals surface area contributed by atoms with Crippen molar-refractivity contribution in [2.24, 2.45) is 0 Å². The van der Waals surface area contributed by atoms with Gasteiger partial charge in [-0.2, -0.15) is 4.31 Å². The molecule has 1 aliphatic heterocycles. The molecule has 0 aliphatic carbocycles. The van der Waals surface area contributed by atoms with Crippen LogP contribution < -0.4 is 9.64 Å². The Morgan fingerprint density at radius 2 is 1.84 bits per heavy atom. The zero-order valence-electron chi connectivity index (χ0n) is 14.6. The van der Waals surface area contributed by atoms with Crippen LogP contribution in [0.2, 0.25) is 0 Å². The molecular weight excluding hydrogens is 340 g/mol. The van der Waals surface area contributed by atoms with Gasteiger partial charge in [-0.25, -0.2) is 8.42 Å². The number of anilines is 1. The van der Waals surface area contributed by atoms with Crippen molar-refractivity contribution in [3.05, 3.63) is 42.0 Å². The Morgan fingerprint density at radius 3 is 2.44 bits per heavy atom. The molecule has 8 heteroatoms. The lowest BCUT2D eigenvalue weighted by molar-refractivity contribution is 0.204. The van der Waals surface area contributed by atoms with Crippen molar-refractivity contribution >= 4 is 15.8 Å². The van der Waals surface area contributed by atoms with Crippen molar-refractivity contribution in [2.45, 2.75) is 24.3 Å². The van der Waals surface area contributed by atoms with Gasteiger partial charge in [-0.15, -0.1) is 10.2 Å². The highest BCUT2D eigenvalue weighted by molar-refractivity contribution is 7.89. The summed E-state index contributed by atoms with van der Waals surface area (Å²) in [6.07, 6.45) is 0.405. The van der Waals surface area contributed by atoms with Crippen molar-refractivity contribution in [2.75, 3.05) is 32.1 Å². The summed E-state index contributed by atoms with van der Waals surface area (Å²) in [5, 5.41) is 8.10. The van der Waals surface area contributed by atoms with E-state index in [-0.39, 0.29) is 6.10 Å². The second-order valence-electron chi connectivity index (χ2n) is 6.33. The maximum Gasteiger partial charge on any atom is 0.243 e. The van der Waals surface area contributed by atoms with Crippen molar-refractivity contribution < 1.29 is 13.2 Å². The van der Waals surface area contributed by atoms with Gasteiger partial charge in [0.2, 0.25) is 15.9 Å². The third kappa shape index (κ3) is 3.91. The normalized spacial score (nSPS) is 18.3. The molecule has 2 aromatic rings. The van der Waals surface area contributed by atoms with Crippen LogP contribution in [0.15, 0.2) is 41.3 Å².